The van der Waals surface area contributed by atoms with E-state index in [-0.39, 0.29) is 5.91 Å². The van der Waals surface area contributed by atoms with Gasteiger partial charge in [0.1, 0.15) is 23.4 Å². The number of rotatable bonds is 12. The first-order valence-electron chi connectivity index (χ1n) is 16.1. The van der Waals surface area contributed by atoms with Crippen LogP contribution in [-0.4, -0.2) is 77.1 Å². The second-order valence-electron chi connectivity index (χ2n) is 11.9. The Bertz CT molecular complexity index is 1990. The average Bonchev–Trinajstić information content (AvgIpc) is 3.84. The van der Waals surface area contributed by atoms with Crippen LogP contribution < -0.4 is 25.0 Å². The number of piperazine rings is 1. The molecule has 1 aliphatic rings. The van der Waals surface area contributed by atoms with E-state index < -0.39 is 6.04 Å². The molecule has 6 aromatic rings. The molecule has 4 heterocycles. The summed E-state index contributed by atoms with van der Waals surface area (Å²) in [7, 11) is 3.31. The maximum absolute atomic E-state index is 13.7. The minimum Gasteiger partial charge on any atom is -0.497 e. The van der Waals surface area contributed by atoms with Crippen molar-refractivity contribution in [3.05, 3.63) is 102 Å². The van der Waals surface area contributed by atoms with Gasteiger partial charge in [0.15, 0.2) is 0 Å². The van der Waals surface area contributed by atoms with Gasteiger partial charge in [-0.05, 0) is 48.2 Å². The zero-order chi connectivity index (χ0) is 32.2. The molecule has 0 unspecified atom stereocenters. The number of anilines is 1. The molecule has 11 heteroatoms. The Labute approximate surface area is 273 Å². The van der Waals surface area contributed by atoms with Crippen molar-refractivity contribution >= 4 is 33.7 Å². The second-order valence-corrected chi connectivity index (χ2v) is 11.9. The van der Waals surface area contributed by atoms with Crippen LogP contribution in [0.5, 0.6) is 11.5 Å². The van der Waals surface area contributed by atoms with Gasteiger partial charge in [0.25, 0.3) is 0 Å². The topological polar surface area (TPSA) is 125 Å². The molecule has 4 N–H and O–H groups in total. The molecule has 1 fully saturated rings. The van der Waals surface area contributed by atoms with Gasteiger partial charge in [-0.2, -0.15) is 0 Å². The Hall–Kier alpha value is -5.29. The van der Waals surface area contributed by atoms with Crippen LogP contribution in [-0.2, 0) is 30.6 Å². The lowest BCUT2D eigenvalue weighted by Gasteiger charge is -2.36. The number of aromatic amines is 2. The third-order valence-electron chi connectivity index (χ3n) is 9.09. The number of aryl methyl sites for hydroxylation is 2. The average molecular weight is 633 g/mol. The van der Waals surface area contributed by atoms with E-state index in [0.717, 1.165) is 53.3 Å². The standard InChI is InChI=1S/C36H40N8O3/c1-46-27-13-11-26(33(19-27)47-2)23-44-34(14-12-24-20-39-30-9-5-3-7-28(24)30)41-42-36(44)43-18-17-37-22-32(43)35(45)38-16-15-25-21-40-31-10-6-4-8-29(25)31/h3-11,13,19-21,32,37,39-40H,12,14-18,22-23H2,1-2H3,(H,38,45)/t32-/m1/s1. The van der Waals surface area contributed by atoms with E-state index in [1.54, 1.807) is 14.2 Å². The Morgan fingerprint density at radius 1 is 0.872 bits per heavy atom. The largest absolute Gasteiger partial charge is 0.497 e. The predicted molar refractivity (Wildman–Crippen MR) is 183 cm³/mol. The number of carbonyl (C=O) groups is 1. The molecular weight excluding hydrogens is 592 g/mol. The van der Waals surface area contributed by atoms with Crippen LogP contribution in [0, 0.1) is 0 Å². The lowest BCUT2D eigenvalue weighted by Crippen LogP contribution is -2.59. The van der Waals surface area contributed by atoms with E-state index in [9.17, 15) is 4.79 Å². The van der Waals surface area contributed by atoms with Gasteiger partial charge in [0, 0.05) is 78.4 Å². The third kappa shape index (κ3) is 6.26. The number of H-pyrrole nitrogens is 2. The summed E-state index contributed by atoms with van der Waals surface area (Å²) in [5.74, 6) is 2.93. The van der Waals surface area contributed by atoms with Crippen LogP contribution in [0.4, 0.5) is 5.95 Å². The normalized spacial score (nSPS) is 14.9. The number of amides is 1. The maximum Gasteiger partial charge on any atom is 0.244 e. The molecule has 0 spiro atoms. The summed E-state index contributed by atoms with van der Waals surface area (Å²) in [5, 5.41) is 18.4. The number of hydrogen-bond donors (Lipinski definition) is 4. The van der Waals surface area contributed by atoms with Crippen molar-refractivity contribution < 1.29 is 14.3 Å². The highest BCUT2D eigenvalue weighted by Crippen LogP contribution is 2.29. The fourth-order valence-corrected chi connectivity index (χ4v) is 6.58. The van der Waals surface area contributed by atoms with Crippen LogP contribution in [0.1, 0.15) is 22.5 Å². The zero-order valence-electron chi connectivity index (χ0n) is 26.8. The Morgan fingerprint density at radius 3 is 2.32 bits per heavy atom. The van der Waals surface area contributed by atoms with E-state index in [1.165, 1.54) is 21.9 Å². The summed E-state index contributed by atoms with van der Waals surface area (Å²) in [6, 6.07) is 22.0. The summed E-state index contributed by atoms with van der Waals surface area (Å²) in [4.78, 5) is 22.5. The quantitative estimate of drug-likeness (QED) is 0.159. The van der Waals surface area contributed by atoms with Gasteiger partial charge in [-0.1, -0.05) is 36.4 Å². The molecule has 11 nitrogen and oxygen atoms in total. The molecule has 1 amide bonds. The molecule has 3 aromatic heterocycles. The first-order valence-corrected chi connectivity index (χ1v) is 16.1. The number of methoxy groups -OCH3 is 2. The lowest BCUT2D eigenvalue weighted by atomic mass is 10.1. The van der Waals surface area contributed by atoms with Crippen LogP contribution >= 0.6 is 0 Å². The second kappa shape index (κ2) is 13.6. The van der Waals surface area contributed by atoms with Crippen LogP contribution in [0.2, 0.25) is 0 Å². The summed E-state index contributed by atoms with van der Waals surface area (Å²) in [5.41, 5.74) is 5.61. The molecule has 3 aromatic carbocycles. The molecular formula is C36H40N8O3. The Morgan fingerprint density at radius 2 is 1.60 bits per heavy atom. The van der Waals surface area contributed by atoms with Gasteiger partial charge in [0.05, 0.1) is 20.8 Å². The predicted octanol–water partition coefficient (Wildman–Crippen LogP) is 4.23. The fraction of sp³-hybridized carbons (Fsp3) is 0.306. The number of aromatic nitrogens is 5. The van der Waals surface area contributed by atoms with Gasteiger partial charge in [-0.25, -0.2) is 0 Å². The SMILES string of the molecule is COc1ccc(Cn2c(CCc3c[nH]c4ccccc34)nnc2N2CCNC[C@@H]2C(=O)NCCc2c[nH]c3ccccc23)c(OC)c1. The minimum absolute atomic E-state index is 0.0334. The summed E-state index contributed by atoms with van der Waals surface area (Å²) < 4.78 is 13.3. The van der Waals surface area contributed by atoms with Gasteiger partial charge < -0.3 is 35.0 Å². The van der Waals surface area contributed by atoms with E-state index in [4.69, 9.17) is 19.7 Å². The molecule has 0 bridgehead atoms. The van der Waals surface area contributed by atoms with Crippen molar-refractivity contribution in [2.75, 3.05) is 45.3 Å². The fourth-order valence-electron chi connectivity index (χ4n) is 6.58. The van der Waals surface area contributed by atoms with Gasteiger partial charge in [-0.3, -0.25) is 9.36 Å². The number of fused-ring (bicyclic) bond motifs is 2. The van der Waals surface area contributed by atoms with Crippen molar-refractivity contribution in [3.63, 3.8) is 0 Å². The molecule has 7 rings (SSSR count). The molecule has 1 atom stereocenters. The van der Waals surface area contributed by atoms with Gasteiger partial charge in [0.2, 0.25) is 11.9 Å². The molecule has 47 heavy (non-hydrogen) atoms. The highest BCUT2D eigenvalue weighted by atomic mass is 16.5. The van der Waals surface area contributed by atoms with Crippen molar-refractivity contribution in [1.29, 1.82) is 0 Å². The minimum atomic E-state index is -0.436. The summed E-state index contributed by atoms with van der Waals surface area (Å²) >= 11 is 0. The molecule has 0 radical (unpaired) electrons. The highest BCUT2D eigenvalue weighted by molar-refractivity contribution is 5.86. The van der Waals surface area contributed by atoms with Crippen molar-refractivity contribution in [3.8, 4) is 11.5 Å². The van der Waals surface area contributed by atoms with Crippen molar-refractivity contribution in [2.45, 2.75) is 31.8 Å². The van der Waals surface area contributed by atoms with E-state index in [1.807, 2.05) is 42.6 Å². The number of hydrogen-bond acceptors (Lipinski definition) is 7. The van der Waals surface area contributed by atoms with E-state index in [2.05, 4.69) is 66.6 Å². The summed E-state index contributed by atoms with van der Waals surface area (Å²) in [6.45, 7) is 2.90. The van der Waals surface area contributed by atoms with Crippen LogP contribution in [0.15, 0.2) is 79.1 Å². The molecule has 0 saturated carbocycles. The molecule has 1 aliphatic heterocycles. The summed E-state index contributed by atoms with van der Waals surface area (Å²) in [6.07, 6.45) is 6.31. The third-order valence-corrected chi connectivity index (χ3v) is 9.09. The van der Waals surface area contributed by atoms with Crippen LogP contribution in [0.3, 0.4) is 0 Å². The van der Waals surface area contributed by atoms with Crippen LogP contribution in [0.25, 0.3) is 21.8 Å². The van der Waals surface area contributed by atoms with E-state index in [0.29, 0.717) is 38.5 Å². The first kappa shape index (κ1) is 30.4. The number of carbonyl (C=O) groups excluding carboxylic acids is 1. The van der Waals surface area contributed by atoms with Gasteiger partial charge >= 0.3 is 0 Å². The number of nitrogens with zero attached hydrogens (tertiary/aromatic N) is 4. The van der Waals surface area contributed by atoms with Crippen molar-refractivity contribution in [2.24, 2.45) is 0 Å². The maximum atomic E-state index is 13.7. The first-order chi connectivity index (χ1) is 23.1. The zero-order valence-corrected chi connectivity index (χ0v) is 26.8. The highest BCUT2D eigenvalue weighted by Gasteiger charge is 2.33. The number of nitrogens with one attached hydrogen (secondary N) is 4. The smallest absolute Gasteiger partial charge is 0.244 e. The molecule has 242 valence electrons. The monoisotopic (exact) mass is 632 g/mol. The van der Waals surface area contributed by atoms with Crippen molar-refractivity contribution in [1.82, 2.24) is 35.4 Å². The van der Waals surface area contributed by atoms with Gasteiger partial charge in [-0.15, -0.1) is 10.2 Å². The Balaban J connectivity index is 1.14. The number of benzene rings is 3. The van der Waals surface area contributed by atoms with E-state index >= 15 is 0 Å². The number of ether oxygens (including phenoxy) is 2. The Kier molecular flexibility index (Phi) is 8.79. The molecule has 1 saturated heterocycles. The lowest BCUT2D eigenvalue weighted by molar-refractivity contribution is -0.122. The number of para-hydroxylation sites is 2. The molecule has 0 aliphatic carbocycles.